The molecule has 0 aliphatic heterocycles. The van der Waals surface area contributed by atoms with Crippen LogP contribution in [0.15, 0.2) is 24.3 Å². The minimum Gasteiger partial charge on any atom is -0.333 e. The lowest BCUT2D eigenvalue weighted by Gasteiger charge is -1.94. The number of thiol groups is 1. The minimum absolute atomic E-state index is 0.834. The first-order valence-corrected chi connectivity index (χ1v) is 4.20. The Morgan fingerprint density at radius 3 is 2.00 bits per heavy atom. The summed E-state index contributed by atoms with van der Waals surface area (Å²) in [5.74, 6) is 0.834. The molecule has 0 bridgehead atoms. The van der Waals surface area contributed by atoms with Crippen molar-refractivity contribution in [2.45, 2.75) is 12.7 Å². The molecule has 1 aromatic carbocycles. The molecular formula is C9H15NS. The van der Waals surface area contributed by atoms with Crippen LogP contribution in [-0.2, 0) is 5.75 Å². The van der Waals surface area contributed by atoms with Gasteiger partial charge >= 0.3 is 0 Å². The number of aryl methyl sites for hydroxylation is 1. The third-order valence-electron chi connectivity index (χ3n) is 1.30. The summed E-state index contributed by atoms with van der Waals surface area (Å²) in [6.45, 7) is 2.09. The zero-order chi connectivity index (χ0) is 8.69. The van der Waals surface area contributed by atoms with Gasteiger partial charge < -0.3 is 5.73 Å². The summed E-state index contributed by atoms with van der Waals surface area (Å²) >= 11 is 4.14. The molecule has 2 heteroatoms. The van der Waals surface area contributed by atoms with Gasteiger partial charge in [0.05, 0.1) is 0 Å². The first kappa shape index (κ1) is 10.5. The van der Waals surface area contributed by atoms with E-state index in [4.69, 9.17) is 0 Å². The minimum atomic E-state index is 0.834. The van der Waals surface area contributed by atoms with Crippen LogP contribution in [0.4, 0.5) is 0 Å². The predicted octanol–water partition coefficient (Wildman–Crippen LogP) is 2.00. The van der Waals surface area contributed by atoms with Gasteiger partial charge in [-0.2, -0.15) is 12.6 Å². The summed E-state index contributed by atoms with van der Waals surface area (Å²) in [6.07, 6.45) is 0. The highest BCUT2D eigenvalue weighted by atomic mass is 32.1. The number of benzene rings is 1. The lowest BCUT2D eigenvalue weighted by molar-refractivity contribution is 1.37. The average Bonchev–Trinajstić information content (AvgIpc) is 2.10. The van der Waals surface area contributed by atoms with E-state index in [1.165, 1.54) is 18.2 Å². The van der Waals surface area contributed by atoms with Gasteiger partial charge in [0.25, 0.3) is 0 Å². The van der Waals surface area contributed by atoms with Gasteiger partial charge in [0.15, 0.2) is 0 Å². The van der Waals surface area contributed by atoms with Crippen molar-refractivity contribution in [3.05, 3.63) is 35.4 Å². The molecule has 2 N–H and O–H groups in total. The molecule has 0 aliphatic rings. The number of rotatable bonds is 1. The monoisotopic (exact) mass is 169 g/mol. The Morgan fingerprint density at radius 1 is 1.18 bits per heavy atom. The van der Waals surface area contributed by atoms with Gasteiger partial charge in [-0.25, -0.2) is 0 Å². The van der Waals surface area contributed by atoms with E-state index in [0.29, 0.717) is 0 Å². The molecule has 1 nitrogen and oxygen atoms in total. The van der Waals surface area contributed by atoms with Crippen LogP contribution >= 0.6 is 12.6 Å². The van der Waals surface area contributed by atoms with Gasteiger partial charge in [0.2, 0.25) is 0 Å². The smallest absolute Gasteiger partial charge is 0.0154 e. The van der Waals surface area contributed by atoms with E-state index in [2.05, 4.69) is 49.6 Å². The van der Waals surface area contributed by atoms with Gasteiger partial charge in [-0.15, -0.1) is 0 Å². The molecule has 1 rings (SSSR count). The highest BCUT2D eigenvalue weighted by Crippen LogP contribution is 2.04. The Balaban J connectivity index is 0.000000461. The summed E-state index contributed by atoms with van der Waals surface area (Å²) in [6, 6.07) is 8.40. The van der Waals surface area contributed by atoms with Crippen LogP contribution in [0.2, 0.25) is 0 Å². The fourth-order valence-electron chi connectivity index (χ4n) is 0.693. The lowest BCUT2D eigenvalue weighted by Crippen LogP contribution is -1.76. The normalized spacial score (nSPS) is 8.36. The largest absolute Gasteiger partial charge is 0.333 e. The molecule has 0 atom stereocenters. The van der Waals surface area contributed by atoms with Crippen LogP contribution in [0.1, 0.15) is 11.1 Å². The molecule has 0 saturated carbocycles. The van der Waals surface area contributed by atoms with Crippen LogP contribution in [0, 0.1) is 6.92 Å². The summed E-state index contributed by atoms with van der Waals surface area (Å²) in [7, 11) is 1.50. The van der Waals surface area contributed by atoms with Gasteiger partial charge in [0.1, 0.15) is 0 Å². The number of hydrogen-bond acceptors (Lipinski definition) is 2. The fraction of sp³-hybridized carbons (Fsp3) is 0.333. The van der Waals surface area contributed by atoms with Crippen molar-refractivity contribution in [1.29, 1.82) is 0 Å². The second-order valence-electron chi connectivity index (χ2n) is 2.14. The Bertz CT molecular complexity index is 181. The first-order chi connectivity index (χ1) is 5.33. The summed E-state index contributed by atoms with van der Waals surface area (Å²) < 4.78 is 0. The zero-order valence-corrected chi connectivity index (χ0v) is 7.94. The van der Waals surface area contributed by atoms with E-state index >= 15 is 0 Å². The lowest BCUT2D eigenvalue weighted by atomic mass is 10.2. The molecule has 0 amide bonds. The van der Waals surface area contributed by atoms with E-state index in [0.717, 1.165) is 5.75 Å². The van der Waals surface area contributed by atoms with Crippen LogP contribution < -0.4 is 5.73 Å². The molecule has 0 unspecified atom stereocenters. The van der Waals surface area contributed by atoms with Crippen molar-refractivity contribution in [3.63, 3.8) is 0 Å². The second kappa shape index (κ2) is 6.25. The molecule has 11 heavy (non-hydrogen) atoms. The van der Waals surface area contributed by atoms with Gasteiger partial charge in [-0.1, -0.05) is 29.8 Å². The third kappa shape index (κ3) is 4.06. The maximum absolute atomic E-state index is 4.50. The second-order valence-corrected chi connectivity index (χ2v) is 2.46. The quantitative estimate of drug-likeness (QED) is 0.618. The van der Waals surface area contributed by atoms with E-state index < -0.39 is 0 Å². The molecule has 0 spiro atoms. The topological polar surface area (TPSA) is 26.0 Å². The first-order valence-electron chi connectivity index (χ1n) is 3.57. The van der Waals surface area contributed by atoms with E-state index in [1.807, 2.05) is 0 Å². The Hall–Kier alpha value is -0.470. The highest BCUT2D eigenvalue weighted by molar-refractivity contribution is 7.79. The molecular weight excluding hydrogens is 154 g/mol. The molecule has 0 saturated heterocycles. The van der Waals surface area contributed by atoms with Gasteiger partial charge in [0, 0.05) is 5.75 Å². The van der Waals surface area contributed by atoms with Crippen LogP contribution in [0.3, 0.4) is 0 Å². The molecule has 0 aliphatic carbocycles. The van der Waals surface area contributed by atoms with Crippen LogP contribution in [-0.4, -0.2) is 7.05 Å². The molecule has 0 fully saturated rings. The maximum Gasteiger partial charge on any atom is 0.0154 e. The van der Waals surface area contributed by atoms with Crippen molar-refractivity contribution in [3.8, 4) is 0 Å². The third-order valence-corrected chi connectivity index (χ3v) is 1.67. The summed E-state index contributed by atoms with van der Waals surface area (Å²) in [5, 5.41) is 0. The number of nitrogens with two attached hydrogens (primary N) is 1. The summed E-state index contributed by atoms with van der Waals surface area (Å²) in [4.78, 5) is 0. The van der Waals surface area contributed by atoms with Gasteiger partial charge in [-0.3, -0.25) is 0 Å². The van der Waals surface area contributed by atoms with E-state index in [-0.39, 0.29) is 0 Å². The highest BCUT2D eigenvalue weighted by Gasteiger charge is 1.85. The molecule has 0 aromatic heterocycles. The van der Waals surface area contributed by atoms with Crippen molar-refractivity contribution < 1.29 is 0 Å². The SMILES string of the molecule is CN.Cc1ccc(CS)cc1. The van der Waals surface area contributed by atoms with Crippen molar-refractivity contribution in [2.75, 3.05) is 7.05 Å². The van der Waals surface area contributed by atoms with Crippen molar-refractivity contribution >= 4 is 12.6 Å². The summed E-state index contributed by atoms with van der Waals surface area (Å²) in [5.41, 5.74) is 7.09. The van der Waals surface area contributed by atoms with Gasteiger partial charge in [-0.05, 0) is 19.5 Å². The van der Waals surface area contributed by atoms with Crippen LogP contribution in [0.25, 0.3) is 0 Å². The van der Waals surface area contributed by atoms with Crippen LogP contribution in [0.5, 0.6) is 0 Å². The molecule has 62 valence electrons. The fourth-order valence-corrected chi connectivity index (χ4v) is 0.904. The maximum atomic E-state index is 4.50. The van der Waals surface area contributed by atoms with Crippen molar-refractivity contribution in [1.82, 2.24) is 0 Å². The standard InChI is InChI=1S/C8H10S.CH5N/c1-7-2-4-8(6-9)5-3-7;1-2/h2-5,9H,6H2,1H3;2H2,1H3. The zero-order valence-electron chi connectivity index (χ0n) is 7.04. The number of hydrogen-bond donors (Lipinski definition) is 2. The van der Waals surface area contributed by atoms with E-state index in [9.17, 15) is 0 Å². The molecule has 1 aromatic rings. The Labute approximate surface area is 74.0 Å². The van der Waals surface area contributed by atoms with Crippen molar-refractivity contribution in [2.24, 2.45) is 5.73 Å². The molecule has 0 radical (unpaired) electrons. The molecule has 0 heterocycles. The Morgan fingerprint density at radius 2 is 1.64 bits per heavy atom. The average molecular weight is 169 g/mol. The predicted molar refractivity (Wildman–Crippen MR) is 54.0 cm³/mol. The Kier molecular flexibility index (Phi) is 5.99. The van der Waals surface area contributed by atoms with E-state index in [1.54, 1.807) is 0 Å².